The Morgan fingerprint density at radius 2 is 1.85 bits per heavy atom. The predicted molar refractivity (Wildman–Crippen MR) is 94.6 cm³/mol. The van der Waals surface area contributed by atoms with Crippen molar-refractivity contribution in [2.45, 2.75) is 18.4 Å². The minimum atomic E-state index is -2.87. The second-order valence-corrected chi connectivity index (χ2v) is 6.99. The molecular formula is C17H21ClF2N4O2. The summed E-state index contributed by atoms with van der Waals surface area (Å²) in [6.07, 6.45) is -0.535. The smallest absolute Gasteiger partial charge is 0.262 e. The number of alkyl halides is 2. The van der Waals surface area contributed by atoms with E-state index in [2.05, 4.69) is 15.5 Å². The highest BCUT2D eigenvalue weighted by Gasteiger charge is 2.42. The summed E-state index contributed by atoms with van der Waals surface area (Å²) in [4.78, 5) is 28.0. The molecule has 1 atom stereocenters. The van der Waals surface area contributed by atoms with Gasteiger partial charge in [0.05, 0.1) is 19.1 Å². The van der Waals surface area contributed by atoms with Crippen LogP contribution in [0.3, 0.4) is 0 Å². The molecule has 2 N–H and O–H groups in total. The Kier molecular flexibility index (Phi) is 5.62. The number of carbonyl (C=O) groups excluding carboxylic acids is 2. The molecule has 6 nitrogen and oxygen atoms in total. The molecule has 2 aliphatic rings. The van der Waals surface area contributed by atoms with Crippen molar-refractivity contribution in [3.63, 3.8) is 0 Å². The van der Waals surface area contributed by atoms with E-state index >= 15 is 0 Å². The highest BCUT2D eigenvalue weighted by atomic mass is 35.5. The Balaban J connectivity index is 1.42. The molecule has 9 heteroatoms. The summed E-state index contributed by atoms with van der Waals surface area (Å²) in [7, 11) is 0. The van der Waals surface area contributed by atoms with E-state index in [4.69, 9.17) is 11.6 Å². The van der Waals surface area contributed by atoms with Crippen molar-refractivity contribution in [3.05, 3.63) is 29.3 Å². The normalized spacial score (nSPS) is 22.3. The lowest BCUT2D eigenvalue weighted by molar-refractivity contribution is -0.133. The van der Waals surface area contributed by atoms with Gasteiger partial charge < -0.3 is 15.1 Å². The molecule has 142 valence electrons. The molecule has 2 amide bonds. The van der Waals surface area contributed by atoms with Crippen molar-refractivity contribution in [2.75, 3.05) is 44.2 Å². The Morgan fingerprint density at radius 1 is 1.19 bits per heavy atom. The van der Waals surface area contributed by atoms with Gasteiger partial charge in [0.25, 0.3) is 5.92 Å². The van der Waals surface area contributed by atoms with E-state index in [1.807, 2.05) is 24.3 Å². The van der Waals surface area contributed by atoms with Crippen LogP contribution in [0.15, 0.2) is 24.3 Å². The van der Waals surface area contributed by atoms with E-state index in [1.165, 1.54) is 0 Å². The van der Waals surface area contributed by atoms with Gasteiger partial charge in [0, 0.05) is 43.3 Å². The van der Waals surface area contributed by atoms with Crippen molar-refractivity contribution in [1.29, 1.82) is 0 Å². The van der Waals surface area contributed by atoms with Crippen LogP contribution < -0.4 is 15.5 Å². The zero-order valence-electron chi connectivity index (χ0n) is 14.2. The number of rotatable bonds is 4. The molecule has 1 aromatic rings. The van der Waals surface area contributed by atoms with E-state index in [1.54, 1.807) is 4.90 Å². The van der Waals surface area contributed by atoms with E-state index in [-0.39, 0.29) is 12.5 Å². The van der Waals surface area contributed by atoms with Crippen LogP contribution in [0.25, 0.3) is 0 Å². The van der Waals surface area contributed by atoms with Crippen LogP contribution in [-0.2, 0) is 9.59 Å². The van der Waals surface area contributed by atoms with E-state index in [9.17, 15) is 18.4 Å². The first-order valence-corrected chi connectivity index (χ1v) is 8.89. The second kappa shape index (κ2) is 7.75. The molecule has 0 aliphatic carbocycles. The largest absolute Gasteiger partial charge is 0.368 e. The van der Waals surface area contributed by atoms with E-state index in [0.29, 0.717) is 31.2 Å². The van der Waals surface area contributed by atoms with E-state index in [0.717, 1.165) is 5.69 Å². The third-order valence-electron chi connectivity index (χ3n) is 4.66. The first-order chi connectivity index (χ1) is 12.3. The number of benzene rings is 1. The maximum absolute atomic E-state index is 13.1. The first kappa shape index (κ1) is 18.8. The van der Waals surface area contributed by atoms with Gasteiger partial charge in [0.15, 0.2) is 0 Å². The maximum Gasteiger partial charge on any atom is 0.262 e. The highest BCUT2D eigenvalue weighted by Crippen LogP contribution is 2.25. The molecule has 2 fully saturated rings. The number of hydrogen-bond donors (Lipinski definition) is 2. The summed E-state index contributed by atoms with van der Waals surface area (Å²) in [6, 6.07) is 6.57. The Bertz CT molecular complexity index is 663. The quantitative estimate of drug-likeness (QED) is 0.813. The third-order valence-corrected chi connectivity index (χ3v) is 4.92. The van der Waals surface area contributed by atoms with Crippen molar-refractivity contribution >= 4 is 29.1 Å². The minimum absolute atomic E-state index is 0.177. The Hall–Kier alpha value is -1.93. The molecule has 0 radical (unpaired) electrons. The van der Waals surface area contributed by atoms with Gasteiger partial charge in [0.2, 0.25) is 11.8 Å². The van der Waals surface area contributed by atoms with Crippen molar-refractivity contribution in [3.8, 4) is 0 Å². The SMILES string of the molecule is O=C(NCC(=O)N1CCN(c2ccc(Cl)cc2)CC1)C1CC(F)(F)CN1. The summed E-state index contributed by atoms with van der Waals surface area (Å²) < 4.78 is 26.2. The lowest BCUT2D eigenvalue weighted by Crippen LogP contribution is -2.52. The number of carbonyl (C=O) groups is 2. The number of hydrogen-bond acceptors (Lipinski definition) is 4. The van der Waals surface area contributed by atoms with Gasteiger partial charge in [-0.3, -0.25) is 14.9 Å². The topological polar surface area (TPSA) is 64.7 Å². The molecule has 0 aromatic heterocycles. The van der Waals surface area contributed by atoms with Crippen LogP contribution in [0.2, 0.25) is 5.02 Å². The van der Waals surface area contributed by atoms with Crippen LogP contribution >= 0.6 is 11.6 Å². The maximum atomic E-state index is 13.1. The molecule has 2 heterocycles. The number of amides is 2. The van der Waals surface area contributed by atoms with Gasteiger partial charge in [-0.05, 0) is 24.3 Å². The number of anilines is 1. The molecular weight excluding hydrogens is 366 g/mol. The third kappa shape index (κ3) is 4.62. The van der Waals surface area contributed by atoms with Crippen molar-refractivity contribution in [2.24, 2.45) is 0 Å². The number of nitrogens with zero attached hydrogens (tertiary/aromatic N) is 2. The van der Waals surface area contributed by atoms with Crippen molar-refractivity contribution < 1.29 is 18.4 Å². The van der Waals surface area contributed by atoms with Gasteiger partial charge >= 0.3 is 0 Å². The average molecular weight is 387 g/mol. The van der Waals surface area contributed by atoms with Gasteiger partial charge in [-0.1, -0.05) is 11.6 Å². The fourth-order valence-electron chi connectivity index (χ4n) is 3.16. The summed E-state index contributed by atoms with van der Waals surface area (Å²) in [5.41, 5.74) is 1.04. The summed E-state index contributed by atoms with van der Waals surface area (Å²) in [5, 5.41) is 5.60. The lowest BCUT2D eigenvalue weighted by atomic mass is 10.2. The zero-order valence-corrected chi connectivity index (χ0v) is 14.9. The number of nitrogens with one attached hydrogen (secondary N) is 2. The molecule has 26 heavy (non-hydrogen) atoms. The fourth-order valence-corrected chi connectivity index (χ4v) is 3.29. The monoisotopic (exact) mass is 386 g/mol. The predicted octanol–water partition coefficient (Wildman–Crippen LogP) is 1.10. The second-order valence-electron chi connectivity index (χ2n) is 6.56. The molecule has 1 unspecified atom stereocenters. The number of piperazine rings is 1. The van der Waals surface area contributed by atoms with Crippen LogP contribution in [-0.4, -0.2) is 67.9 Å². The standard InChI is InChI=1S/C17H21ClF2N4O2/c18-12-1-3-13(4-2-12)23-5-7-24(8-6-23)15(25)10-21-16(26)14-9-17(19,20)11-22-14/h1-4,14,22H,5-11H2,(H,21,26). The van der Waals surface area contributed by atoms with Crippen LogP contribution in [0.1, 0.15) is 6.42 Å². The zero-order chi connectivity index (χ0) is 18.7. The Labute approximate surface area is 155 Å². The molecule has 2 aliphatic heterocycles. The average Bonchev–Trinajstić information content (AvgIpc) is 3.00. The van der Waals surface area contributed by atoms with Gasteiger partial charge in [-0.25, -0.2) is 8.78 Å². The van der Waals surface area contributed by atoms with Crippen molar-refractivity contribution in [1.82, 2.24) is 15.5 Å². The molecule has 0 saturated carbocycles. The van der Waals surface area contributed by atoms with Gasteiger partial charge in [-0.15, -0.1) is 0 Å². The first-order valence-electron chi connectivity index (χ1n) is 8.51. The summed E-state index contributed by atoms with van der Waals surface area (Å²) >= 11 is 5.89. The highest BCUT2D eigenvalue weighted by molar-refractivity contribution is 6.30. The fraction of sp³-hybridized carbons (Fsp3) is 0.529. The lowest BCUT2D eigenvalue weighted by Gasteiger charge is -2.36. The molecule has 0 bridgehead atoms. The number of halogens is 3. The Morgan fingerprint density at radius 3 is 2.42 bits per heavy atom. The van der Waals surface area contributed by atoms with Crippen LogP contribution in [0.5, 0.6) is 0 Å². The van der Waals surface area contributed by atoms with Gasteiger partial charge in [0.1, 0.15) is 0 Å². The molecule has 2 saturated heterocycles. The van der Waals surface area contributed by atoms with E-state index < -0.39 is 30.8 Å². The summed E-state index contributed by atoms with van der Waals surface area (Å²) in [6.45, 7) is 1.75. The van der Waals surface area contributed by atoms with Crippen LogP contribution in [0.4, 0.5) is 14.5 Å². The van der Waals surface area contributed by atoms with Crippen LogP contribution in [0, 0.1) is 0 Å². The molecule has 1 aromatic carbocycles. The van der Waals surface area contributed by atoms with Gasteiger partial charge in [-0.2, -0.15) is 0 Å². The summed E-state index contributed by atoms with van der Waals surface area (Å²) in [5.74, 6) is -3.64. The molecule has 0 spiro atoms. The minimum Gasteiger partial charge on any atom is -0.368 e. The molecule has 3 rings (SSSR count).